The molecule has 1 aromatic rings. The molecule has 3 nitrogen and oxygen atoms in total. The molecule has 2 N–H and O–H groups in total. The van der Waals surface area contributed by atoms with Crippen LogP contribution in [0, 0.1) is 5.82 Å². The Hall–Kier alpha value is -1.00. The predicted molar refractivity (Wildman–Crippen MR) is 50.2 cm³/mol. The summed E-state index contributed by atoms with van der Waals surface area (Å²) < 4.78 is 13.4. The summed E-state index contributed by atoms with van der Waals surface area (Å²) in [4.78, 5) is 3.66. The van der Waals surface area contributed by atoms with Crippen molar-refractivity contribution in [3.8, 4) is 0 Å². The highest BCUT2D eigenvalue weighted by Crippen LogP contribution is 2.29. The Kier molecular flexibility index (Phi) is 2.48. The minimum atomic E-state index is -1.06. The van der Waals surface area contributed by atoms with Gasteiger partial charge in [-0.15, -0.1) is 0 Å². The quantitative estimate of drug-likeness (QED) is 0.698. The van der Waals surface area contributed by atoms with Crippen LogP contribution in [0.15, 0.2) is 18.5 Å². The first kappa shape index (κ1) is 9.55. The predicted octanol–water partition coefficient (Wildman–Crippen LogP) is 0.792. The molecule has 1 atom stereocenters. The number of nitrogens with zero attached hydrogens (tertiary/aromatic N) is 1. The highest BCUT2D eigenvalue weighted by Gasteiger charge is 2.33. The molecule has 1 aliphatic rings. The van der Waals surface area contributed by atoms with Crippen LogP contribution in [-0.4, -0.2) is 23.2 Å². The van der Waals surface area contributed by atoms with Gasteiger partial charge in [-0.1, -0.05) is 0 Å². The number of rotatable bonds is 1. The maximum absolute atomic E-state index is 13.4. The van der Waals surface area contributed by atoms with Gasteiger partial charge in [-0.25, -0.2) is 4.39 Å². The smallest absolute Gasteiger partial charge is 0.147 e. The third-order valence-electron chi connectivity index (χ3n) is 2.64. The number of piperidine rings is 1. The molecule has 14 heavy (non-hydrogen) atoms. The molecule has 2 heterocycles. The van der Waals surface area contributed by atoms with Gasteiger partial charge in [0.2, 0.25) is 0 Å². The van der Waals surface area contributed by atoms with Crippen molar-refractivity contribution in [1.82, 2.24) is 10.3 Å². The van der Waals surface area contributed by atoms with E-state index < -0.39 is 11.4 Å². The lowest BCUT2D eigenvalue weighted by molar-refractivity contribution is 0.00897. The van der Waals surface area contributed by atoms with Crippen LogP contribution >= 0.6 is 0 Å². The molecular formula is C10H13FN2O. The fourth-order valence-corrected chi connectivity index (χ4v) is 1.87. The van der Waals surface area contributed by atoms with Crippen LogP contribution in [0.3, 0.4) is 0 Å². The molecule has 0 amide bonds. The van der Waals surface area contributed by atoms with E-state index in [1.165, 1.54) is 6.20 Å². The first-order chi connectivity index (χ1) is 6.72. The van der Waals surface area contributed by atoms with Gasteiger partial charge in [0.15, 0.2) is 0 Å². The van der Waals surface area contributed by atoms with E-state index in [9.17, 15) is 9.50 Å². The molecule has 0 saturated carbocycles. The molecular weight excluding hydrogens is 183 g/mol. The van der Waals surface area contributed by atoms with Gasteiger partial charge in [-0.3, -0.25) is 4.98 Å². The van der Waals surface area contributed by atoms with Crippen LogP contribution in [0.4, 0.5) is 4.39 Å². The lowest BCUT2D eigenvalue weighted by Crippen LogP contribution is -2.43. The molecule has 1 fully saturated rings. The second-order valence-electron chi connectivity index (χ2n) is 3.67. The van der Waals surface area contributed by atoms with Crippen LogP contribution in [0.2, 0.25) is 0 Å². The number of halogens is 1. The number of pyridine rings is 1. The van der Waals surface area contributed by atoms with Crippen molar-refractivity contribution < 1.29 is 9.50 Å². The third-order valence-corrected chi connectivity index (χ3v) is 2.64. The Morgan fingerprint density at radius 2 is 2.43 bits per heavy atom. The Morgan fingerprint density at radius 3 is 3.07 bits per heavy atom. The Balaban J connectivity index is 2.32. The number of nitrogens with one attached hydrogen (secondary N) is 1. The zero-order valence-corrected chi connectivity index (χ0v) is 7.83. The summed E-state index contributed by atoms with van der Waals surface area (Å²) in [6.07, 6.45) is 4.10. The fourth-order valence-electron chi connectivity index (χ4n) is 1.87. The van der Waals surface area contributed by atoms with Crippen LogP contribution in [0.5, 0.6) is 0 Å². The van der Waals surface area contributed by atoms with Crippen LogP contribution in [-0.2, 0) is 5.60 Å². The Morgan fingerprint density at radius 1 is 1.57 bits per heavy atom. The molecule has 0 bridgehead atoms. The van der Waals surface area contributed by atoms with E-state index >= 15 is 0 Å². The first-order valence-corrected chi connectivity index (χ1v) is 4.75. The number of hydrogen-bond acceptors (Lipinski definition) is 3. The molecule has 4 heteroatoms. The molecule has 1 unspecified atom stereocenters. The third kappa shape index (κ3) is 1.63. The average molecular weight is 196 g/mol. The lowest BCUT2D eigenvalue weighted by atomic mass is 9.87. The van der Waals surface area contributed by atoms with Crippen molar-refractivity contribution in [2.45, 2.75) is 18.4 Å². The van der Waals surface area contributed by atoms with Crippen molar-refractivity contribution in [3.63, 3.8) is 0 Å². The number of β-amino-alcohol motifs (C(OH)–C–C–N with tert-alkyl or cyclic N) is 1. The van der Waals surface area contributed by atoms with Gasteiger partial charge in [0.25, 0.3) is 0 Å². The van der Waals surface area contributed by atoms with Gasteiger partial charge in [-0.05, 0) is 25.5 Å². The Bertz CT molecular complexity index is 324. The fraction of sp³-hybridized carbons (Fsp3) is 0.500. The summed E-state index contributed by atoms with van der Waals surface area (Å²) in [5.41, 5.74) is -0.717. The Labute approximate surface area is 82.0 Å². The van der Waals surface area contributed by atoms with Gasteiger partial charge in [0, 0.05) is 18.3 Å². The summed E-state index contributed by atoms with van der Waals surface area (Å²) in [5.74, 6) is -0.432. The van der Waals surface area contributed by atoms with Gasteiger partial charge in [-0.2, -0.15) is 0 Å². The summed E-state index contributed by atoms with van der Waals surface area (Å²) in [7, 11) is 0. The topological polar surface area (TPSA) is 45.2 Å². The molecule has 0 spiro atoms. The summed E-state index contributed by atoms with van der Waals surface area (Å²) in [6, 6.07) is 1.54. The second kappa shape index (κ2) is 3.63. The standard InChI is InChI=1S/C10H13FN2O/c11-9-6-12-5-2-8(9)10(14)3-1-4-13-7-10/h2,5-6,13-14H,1,3-4,7H2. The minimum absolute atomic E-state index is 0.347. The molecule has 1 aromatic heterocycles. The monoisotopic (exact) mass is 196 g/mol. The van der Waals surface area contributed by atoms with Crippen LogP contribution in [0.25, 0.3) is 0 Å². The average Bonchev–Trinajstić information content (AvgIpc) is 2.19. The number of hydrogen-bond donors (Lipinski definition) is 2. The molecule has 0 aromatic carbocycles. The molecule has 76 valence electrons. The van der Waals surface area contributed by atoms with E-state index in [2.05, 4.69) is 10.3 Å². The zero-order chi connectivity index (χ0) is 10.0. The first-order valence-electron chi connectivity index (χ1n) is 4.75. The van der Waals surface area contributed by atoms with Crippen molar-refractivity contribution in [2.24, 2.45) is 0 Å². The van der Waals surface area contributed by atoms with Crippen molar-refractivity contribution in [3.05, 3.63) is 29.8 Å². The summed E-state index contributed by atoms with van der Waals surface area (Å²) in [5, 5.41) is 13.3. The van der Waals surface area contributed by atoms with E-state index in [4.69, 9.17) is 0 Å². The van der Waals surface area contributed by atoms with Gasteiger partial charge in [0.05, 0.1) is 6.20 Å². The normalized spacial score (nSPS) is 27.6. The van der Waals surface area contributed by atoms with E-state index in [1.54, 1.807) is 6.07 Å². The van der Waals surface area contributed by atoms with Crippen molar-refractivity contribution in [2.75, 3.05) is 13.1 Å². The second-order valence-corrected chi connectivity index (χ2v) is 3.67. The number of aliphatic hydroxyl groups is 1. The highest BCUT2D eigenvalue weighted by atomic mass is 19.1. The SMILES string of the molecule is OC1(c2ccncc2F)CCCNC1. The minimum Gasteiger partial charge on any atom is -0.384 e. The molecule has 2 rings (SSSR count). The van der Waals surface area contributed by atoms with E-state index in [0.717, 1.165) is 19.2 Å². The summed E-state index contributed by atoms with van der Waals surface area (Å²) >= 11 is 0. The van der Waals surface area contributed by atoms with E-state index in [0.29, 0.717) is 18.5 Å². The molecule has 1 aliphatic heterocycles. The van der Waals surface area contributed by atoms with E-state index in [-0.39, 0.29) is 0 Å². The van der Waals surface area contributed by atoms with Crippen molar-refractivity contribution >= 4 is 0 Å². The number of aromatic nitrogens is 1. The van der Waals surface area contributed by atoms with Gasteiger partial charge in [0.1, 0.15) is 11.4 Å². The van der Waals surface area contributed by atoms with Crippen LogP contribution < -0.4 is 5.32 Å². The van der Waals surface area contributed by atoms with Gasteiger partial charge < -0.3 is 10.4 Å². The highest BCUT2D eigenvalue weighted by molar-refractivity contribution is 5.22. The summed E-state index contributed by atoms with van der Waals surface area (Å²) in [6.45, 7) is 1.29. The molecule has 0 aliphatic carbocycles. The zero-order valence-electron chi connectivity index (χ0n) is 7.83. The van der Waals surface area contributed by atoms with Gasteiger partial charge >= 0.3 is 0 Å². The maximum Gasteiger partial charge on any atom is 0.147 e. The van der Waals surface area contributed by atoms with Crippen molar-refractivity contribution in [1.29, 1.82) is 0 Å². The molecule has 0 radical (unpaired) electrons. The maximum atomic E-state index is 13.4. The lowest BCUT2D eigenvalue weighted by Gasteiger charge is -2.33. The molecule has 1 saturated heterocycles. The van der Waals surface area contributed by atoms with Crippen LogP contribution in [0.1, 0.15) is 18.4 Å². The largest absolute Gasteiger partial charge is 0.384 e. The van der Waals surface area contributed by atoms with E-state index in [1.807, 2.05) is 0 Å².